The zero-order chi connectivity index (χ0) is 17.5. The molecule has 0 bridgehead atoms. The van der Waals surface area contributed by atoms with Crippen molar-refractivity contribution < 1.29 is 19.1 Å². The first-order valence-electron chi connectivity index (χ1n) is 7.19. The molecule has 2 aromatic rings. The van der Waals surface area contributed by atoms with Crippen LogP contribution in [0.15, 0.2) is 42.6 Å². The Bertz CT molecular complexity index is 702. The Morgan fingerprint density at radius 1 is 1.17 bits per heavy atom. The van der Waals surface area contributed by atoms with Crippen molar-refractivity contribution in [3.8, 4) is 5.75 Å². The van der Waals surface area contributed by atoms with Gasteiger partial charge in [-0.2, -0.15) is 0 Å². The van der Waals surface area contributed by atoms with Gasteiger partial charge in [0.25, 0.3) is 5.91 Å². The summed E-state index contributed by atoms with van der Waals surface area (Å²) in [6.07, 6.45) is 1.32. The third kappa shape index (κ3) is 4.70. The lowest BCUT2D eigenvalue weighted by atomic mass is 10.2. The van der Waals surface area contributed by atoms with Gasteiger partial charge in [0.1, 0.15) is 18.1 Å². The maximum atomic E-state index is 12.3. The van der Waals surface area contributed by atoms with Gasteiger partial charge in [0.2, 0.25) is 0 Å². The fourth-order valence-corrected chi connectivity index (χ4v) is 2.01. The van der Waals surface area contributed by atoms with Crippen molar-refractivity contribution in [3.63, 3.8) is 0 Å². The van der Waals surface area contributed by atoms with Crippen LogP contribution >= 0.6 is 11.6 Å². The Balaban J connectivity index is 1.87. The van der Waals surface area contributed by atoms with E-state index < -0.39 is 5.97 Å². The Kier molecular flexibility index (Phi) is 6.14. The molecule has 0 radical (unpaired) electrons. The van der Waals surface area contributed by atoms with Crippen molar-refractivity contribution in [3.05, 3.63) is 58.9 Å². The van der Waals surface area contributed by atoms with E-state index in [-0.39, 0.29) is 11.6 Å². The molecule has 0 fully saturated rings. The second kappa shape index (κ2) is 8.31. The number of pyridine rings is 1. The molecule has 2 rings (SSSR count). The fraction of sp³-hybridized carbons (Fsp3) is 0.235. The van der Waals surface area contributed by atoms with Gasteiger partial charge >= 0.3 is 5.97 Å². The second-order valence-electron chi connectivity index (χ2n) is 4.95. The predicted octanol–water partition coefficient (Wildman–Crippen LogP) is 2.67. The van der Waals surface area contributed by atoms with E-state index in [1.807, 2.05) is 0 Å². The van der Waals surface area contributed by atoms with Crippen molar-refractivity contribution in [2.24, 2.45) is 0 Å². The quantitative estimate of drug-likeness (QED) is 0.751. The summed E-state index contributed by atoms with van der Waals surface area (Å²) in [5.74, 6) is -0.0712. The van der Waals surface area contributed by atoms with Crippen molar-refractivity contribution >= 4 is 23.5 Å². The highest BCUT2D eigenvalue weighted by Gasteiger charge is 2.14. The van der Waals surface area contributed by atoms with Gasteiger partial charge in [0.15, 0.2) is 0 Å². The monoisotopic (exact) mass is 348 g/mol. The molecule has 6 nitrogen and oxygen atoms in total. The van der Waals surface area contributed by atoms with Gasteiger partial charge in [-0.05, 0) is 36.4 Å². The summed E-state index contributed by atoms with van der Waals surface area (Å²) in [5, 5.41) is 0.635. The summed E-state index contributed by atoms with van der Waals surface area (Å²) < 4.78 is 10.1. The molecule has 0 aliphatic heterocycles. The molecule has 126 valence electrons. The lowest BCUT2D eigenvalue weighted by molar-refractivity contribution is 0.0599. The molecule has 7 heteroatoms. The number of rotatable bonds is 6. The third-order valence-corrected chi connectivity index (χ3v) is 3.51. The van der Waals surface area contributed by atoms with Crippen molar-refractivity contribution in [2.45, 2.75) is 0 Å². The average molecular weight is 349 g/mol. The highest BCUT2D eigenvalue weighted by molar-refractivity contribution is 6.30. The normalized spacial score (nSPS) is 10.1. The smallest absolute Gasteiger partial charge is 0.339 e. The van der Waals surface area contributed by atoms with E-state index in [0.717, 1.165) is 0 Å². The number of benzene rings is 1. The average Bonchev–Trinajstić information content (AvgIpc) is 2.62. The summed E-state index contributed by atoms with van der Waals surface area (Å²) >= 11 is 5.80. The number of methoxy groups -OCH3 is 1. The highest BCUT2D eigenvalue weighted by Crippen LogP contribution is 2.15. The summed E-state index contributed by atoms with van der Waals surface area (Å²) in [5.41, 5.74) is 0.541. The minimum absolute atomic E-state index is 0.247. The molecule has 0 saturated carbocycles. The molecule has 1 aromatic carbocycles. The molecule has 0 aliphatic carbocycles. The number of esters is 1. The van der Waals surface area contributed by atoms with Crippen LogP contribution in [0.4, 0.5) is 0 Å². The number of amides is 1. The topological polar surface area (TPSA) is 68.7 Å². The van der Waals surface area contributed by atoms with Gasteiger partial charge in [-0.3, -0.25) is 9.78 Å². The van der Waals surface area contributed by atoms with Gasteiger partial charge in [0.05, 0.1) is 19.2 Å². The number of hydrogen-bond acceptors (Lipinski definition) is 5. The zero-order valence-electron chi connectivity index (χ0n) is 13.4. The molecule has 1 heterocycles. The lowest BCUT2D eigenvalue weighted by Crippen LogP contribution is -2.31. The standard InChI is InChI=1S/C17H17ClN2O4/c1-20(9-10-24-14-6-4-13(18)5-7-14)16(21)15-8-3-12(11-19-15)17(22)23-2/h3-8,11H,9-10H2,1-2H3. The maximum absolute atomic E-state index is 12.3. The predicted molar refractivity (Wildman–Crippen MR) is 89.5 cm³/mol. The first kappa shape index (κ1) is 17.7. The molecule has 0 unspecified atom stereocenters. The first-order valence-corrected chi connectivity index (χ1v) is 7.57. The minimum Gasteiger partial charge on any atom is -0.492 e. The van der Waals surface area contributed by atoms with Crippen molar-refractivity contribution in [1.29, 1.82) is 0 Å². The van der Waals surface area contributed by atoms with E-state index in [9.17, 15) is 9.59 Å². The summed E-state index contributed by atoms with van der Waals surface area (Å²) in [7, 11) is 2.94. The number of hydrogen-bond donors (Lipinski definition) is 0. The third-order valence-electron chi connectivity index (χ3n) is 3.26. The minimum atomic E-state index is -0.494. The van der Waals surface area contributed by atoms with Crippen molar-refractivity contribution in [1.82, 2.24) is 9.88 Å². The molecule has 0 saturated heterocycles. The van der Waals surface area contributed by atoms with Gasteiger partial charge in [-0.15, -0.1) is 0 Å². The molecule has 0 N–H and O–H groups in total. The van der Waals surface area contributed by atoms with E-state index in [2.05, 4.69) is 9.72 Å². The number of nitrogens with zero attached hydrogens (tertiary/aromatic N) is 2. The van der Waals surface area contributed by atoms with Crippen LogP contribution < -0.4 is 4.74 Å². The Hall–Kier alpha value is -2.60. The van der Waals surface area contributed by atoms with Crippen LogP contribution in [0.3, 0.4) is 0 Å². The summed E-state index contributed by atoms with van der Waals surface area (Å²) in [6.45, 7) is 0.728. The van der Waals surface area contributed by atoms with Crippen LogP contribution in [0.5, 0.6) is 5.75 Å². The van der Waals surface area contributed by atoms with E-state index in [0.29, 0.717) is 29.5 Å². The number of aromatic nitrogens is 1. The fourth-order valence-electron chi connectivity index (χ4n) is 1.89. The van der Waals surface area contributed by atoms with Crippen LogP contribution in [0.25, 0.3) is 0 Å². The Morgan fingerprint density at radius 3 is 2.46 bits per heavy atom. The molecular formula is C17H17ClN2O4. The largest absolute Gasteiger partial charge is 0.492 e. The van der Waals surface area contributed by atoms with E-state index in [4.69, 9.17) is 16.3 Å². The molecule has 1 amide bonds. The Morgan fingerprint density at radius 2 is 1.88 bits per heavy atom. The van der Waals surface area contributed by atoms with Gasteiger partial charge in [-0.1, -0.05) is 11.6 Å². The Labute approximate surface area is 145 Å². The number of ether oxygens (including phenoxy) is 2. The SMILES string of the molecule is COC(=O)c1ccc(C(=O)N(C)CCOc2ccc(Cl)cc2)nc1. The summed E-state index contributed by atoms with van der Waals surface area (Å²) in [4.78, 5) is 29.1. The second-order valence-corrected chi connectivity index (χ2v) is 5.39. The molecule has 1 aromatic heterocycles. The molecule has 24 heavy (non-hydrogen) atoms. The van der Waals surface area contributed by atoms with Crippen LogP contribution in [0, 0.1) is 0 Å². The molecule has 0 aliphatic rings. The van der Waals surface area contributed by atoms with Crippen LogP contribution in [-0.4, -0.2) is 49.1 Å². The maximum Gasteiger partial charge on any atom is 0.339 e. The van der Waals surface area contributed by atoms with Crippen molar-refractivity contribution in [2.75, 3.05) is 27.3 Å². The number of likely N-dealkylation sites (N-methyl/N-ethyl adjacent to an activating group) is 1. The zero-order valence-corrected chi connectivity index (χ0v) is 14.1. The van der Waals surface area contributed by atoms with E-state index in [1.165, 1.54) is 30.3 Å². The van der Waals surface area contributed by atoms with Crippen LogP contribution in [0.2, 0.25) is 5.02 Å². The molecule has 0 atom stereocenters. The van der Waals surface area contributed by atoms with Crippen LogP contribution in [0.1, 0.15) is 20.8 Å². The number of carbonyl (C=O) groups excluding carboxylic acids is 2. The van der Waals surface area contributed by atoms with Gasteiger partial charge in [-0.25, -0.2) is 4.79 Å². The highest BCUT2D eigenvalue weighted by atomic mass is 35.5. The first-order chi connectivity index (χ1) is 11.5. The van der Waals surface area contributed by atoms with Gasteiger partial charge < -0.3 is 14.4 Å². The van der Waals surface area contributed by atoms with Crippen LogP contribution in [-0.2, 0) is 4.74 Å². The summed E-state index contributed by atoms with van der Waals surface area (Å²) in [6, 6.07) is 9.99. The number of halogens is 1. The molecular weight excluding hydrogens is 332 g/mol. The van der Waals surface area contributed by atoms with E-state index >= 15 is 0 Å². The van der Waals surface area contributed by atoms with Gasteiger partial charge in [0, 0.05) is 18.3 Å². The number of carbonyl (C=O) groups is 2. The lowest BCUT2D eigenvalue weighted by Gasteiger charge is -2.17. The molecule has 0 spiro atoms. The van der Waals surface area contributed by atoms with E-state index in [1.54, 1.807) is 31.3 Å².